The van der Waals surface area contributed by atoms with Crippen molar-refractivity contribution >= 4 is 38.3 Å². The predicted molar refractivity (Wildman–Crippen MR) is 239 cm³/mol. The molecular formula is C53H37N5. The Morgan fingerprint density at radius 3 is 1.72 bits per heavy atom. The number of hydrogen-bond donors (Lipinski definition) is 0. The van der Waals surface area contributed by atoms with Crippen molar-refractivity contribution in [3.05, 3.63) is 206 Å². The van der Waals surface area contributed by atoms with Crippen molar-refractivity contribution < 1.29 is 0 Å². The minimum atomic E-state index is 0.628. The second-order valence-corrected chi connectivity index (χ2v) is 14.8. The fraction of sp³-hybridized carbons (Fsp3) is 0.0377. The number of rotatable bonds is 7. The van der Waals surface area contributed by atoms with Gasteiger partial charge in [-0.1, -0.05) is 146 Å². The monoisotopic (exact) mass is 743 g/mol. The van der Waals surface area contributed by atoms with Gasteiger partial charge in [0.15, 0.2) is 17.5 Å². The molecule has 0 unspecified atom stereocenters. The summed E-state index contributed by atoms with van der Waals surface area (Å²) in [5.41, 5.74) is 13.3. The summed E-state index contributed by atoms with van der Waals surface area (Å²) in [5.74, 6) is 1.92. The lowest BCUT2D eigenvalue weighted by Crippen LogP contribution is -2.01. The highest BCUT2D eigenvalue weighted by Crippen LogP contribution is 2.39. The quantitative estimate of drug-likeness (QED) is 0.163. The lowest BCUT2D eigenvalue weighted by Gasteiger charge is -2.15. The molecule has 0 N–H and O–H groups in total. The summed E-state index contributed by atoms with van der Waals surface area (Å²) in [6.45, 7) is 0. The highest BCUT2D eigenvalue weighted by atomic mass is 15.0. The predicted octanol–water partition coefficient (Wildman–Crippen LogP) is 13.3. The van der Waals surface area contributed by atoms with Gasteiger partial charge in [-0.25, -0.2) is 15.0 Å². The summed E-state index contributed by atoms with van der Waals surface area (Å²) >= 11 is 0. The van der Waals surface area contributed by atoms with Crippen molar-refractivity contribution in [2.45, 2.75) is 12.8 Å². The first-order chi connectivity index (χ1) is 28.7. The third-order valence-corrected chi connectivity index (χ3v) is 11.2. The Kier molecular flexibility index (Phi) is 8.21. The Balaban J connectivity index is 1.10. The molecule has 274 valence electrons. The van der Waals surface area contributed by atoms with Crippen LogP contribution in [0.1, 0.15) is 18.4 Å². The summed E-state index contributed by atoms with van der Waals surface area (Å²) in [5, 5.41) is 3.60. The van der Waals surface area contributed by atoms with Crippen molar-refractivity contribution in [3.8, 4) is 56.7 Å². The first kappa shape index (κ1) is 33.7. The van der Waals surface area contributed by atoms with E-state index in [4.69, 9.17) is 15.0 Å². The molecule has 5 nitrogen and oxygen atoms in total. The molecule has 10 aromatic rings. The number of hydrogen-bond acceptors (Lipinski definition) is 3. The molecule has 0 fully saturated rings. The average molecular weight is 744 g/mol. The maximum atomic E-state index is 5.06. The van der Waals surface area contributed by atoms with Gasteiger partial charge in [0.05, 0.1) is 16.6 Å². The molecule has 0 amide bonds. The topological polar surface area (TPSA) is 48.5 Å². The van der Waals surface area contributed by atoms with Crippen molar-refractivity contribution in [1.82, 2.24) is 24.1 Å². The van der Waals surface area contributed by atoms with Gasteiger partial charge >= 0.3 is 0 Å². The van der Waals surface area contributed by atoms with Gasteiger partial charge < -0.3 is 9.13 Å². The fourth-order valence-corrected chi connectivity index (χ4v) is 8.43. The van der Waals surface area contributed by atoms with Crippen molar-refractivity contribution in [1.29, 1.82) is 0 Å². The van der Waals surface area contributed by atoms with Crippen molar-refractivity contribution in [2.75, 3.05) is 0 Å². The van der Waals surface area contributed by atoms with Gasteiger partial charge in [-0.15, -0.1) is 0 Å². The minimum Gasteiger partial charge on any atom is -0.316 e. The van der Waals surface area contributed by atoms with Crippen LogP contribution >= 0.6 is 0 Å². The molecule has 0 spiro atoms. The number of para-hydroxylation sites is 1. The Hall–Kier alpha value is -7.63. The van der Waals surface area contributed by atoms with Gasteiger partial charge in [0.1, 0.15) is 0 Å². The molecule has 0 bridgehead atoms. The molecular weight excluding hydrogens is 707 g/mol. The van der Waals surface area contributed by atoms with Gasteiger partial charge in [-0.2, -0.15) is 0 Å². The van der Waals surface area contributed by atoms with Gasteiger partial charge in [-0.05, 0) is 83.6 Å². The summed E-state index contributed by atoms with van der Waals surface area (Å²) in [4.78, 5) is 15.1. The third kappa shape index (κ3) is 5.92. The van der Waals surface area contributed by atoms with Crippen LogP contribution in [-0.4, -0.2) is 24.1 Å². The molecule has 0 saturated carbocycles. The first-order valence-corrected chi connectivity index (χ1v) is 19.8. The van der Waals surface area contributed by atoms with E-state index in [9.17, 15) is 0 Å². The van der Waals surface area contributed by atoms with E-state index in [1.807, 2.05) is 60.7 Å². The van der Waals surface area contributed by atoms with Crippen LogP contribution in [0.3, 0.4) is 0 Å². The van der Waals surface area contributed by atoms with Crippen molar-refractivity contribution in [3.63, 3.8) is 0 Å². The second kappa shape index (κ2) is 14.1. The SMILES string of the molecule is C1=CC(c2cc(-c3ccccc3)cc(-n3ccc4c3ccc3c5ccccc5n(-c5cccc(-c6nc(-c7ccccc7)nc(-c7ccccc7)n6)c5)c34)c2)=CCC1. The molecule has 0 saturated heterocycles. The summed E-state index contributed by atoms with van der Waals surface area (Å²) in [6.07, 6.45) is 11.3. The van der Waals surface area contributed by atoms with E-state index in [1.165, 1.54) is 38.4 Å². The van der Waals surface area contributed by atoms with Crippen LogP contribution in [0.25, 0.3) is 94.9 Å². The molecule has 0 aliphatic heterocycles. The van der Waals surface area contributed by atoms with Gasteiger partial charge in [0, 0.05) is 50.4 Å². The molecule has 58 heavy (non-hydrogen) atoms. The Morgan fingerprint density at radius 1 is 0.397 bits per heavy atom. The third-order valence-electron chi connectivity index (χ3n) is 11.2. The Labute approximate surface area is 336 Å². The van der Waals surface area contributed by atoms with Gasteiger partial charge in [-0.3, -0.25) is 0 Å². The Bertz CT molecular complexity index is 3150. The van der Waals surface area contributed by atoms with E-state index in [0.29, 0.717) is 17.5 Å². The number of allylic oxidation sites excluding steroid dienone is 4. The molecule has 3 heterocycles. The number of aromatic nitrogens is 5. The first-order valence-electron chi connectivity index (χ1n) is 19.8. The van der Waals surface area contributed by atoms with E-state index in [0.717, 1.165) is 57.5 Å². The van der Waals surface area contributed by atoms with Crippen LogP contribution < -0.4 is 0 Å². The Morgan fingerprint density at radius 2 is 1.02 bits per heavy atom. The number of benzene rings is 7. The molecule has 5 heteroatoms. The lowest BCUT2D eigenvalue weighted by molar-refractivity contribution is 1.04. The highest BCUT2D eigenvalue weighted by Gasteiger charge is 2.19. The number of fused-ring (bicyclic) bond motifs is 5. The molecule has 1 aliphatic rings. The van der Waals surface area contributed by atoms with E-state index in [1.54, 1.807) is 0 Å². The van der Waals surface area contributed by atoms with Crippen LogP contribution in [0.15, 0.2) is 200 Å². The minimum absolute atomic E-state index is 0.628. The molecule has 7 aromatic carbocycles. The standard InChI is InChI=1S/C53H37N5/c1-5-16-36(17-6-1)41-32-42(37-18-7-2-8-19-37)35-44(34-41)57-31-30-47-48(57)29-28-46-45-26-13-14-27-49(45)58(50(46)47)43-25-15-24-40(33-43)53-55-51(38-20-9-3-10-21-38)54-52(56-53)39-22-11-4-12-23-39/h1,3-7,9-35H,2,8H2. The summed E-state index contributed by atoms with van der Waals surface area (Å²) in [6, 6.07) is 62.1. The molecule has 0 atom stereocenters. The van der Waals surface area contributed by atoms with Crippen LogP contribution in [0.5, 0.6) is 0 Å². The normalized spacial score (nSPS) is 12.7. The maximum Gasteiger partial charge on any atom is 0.164 e. The highest BCUT2D eigenvalue weighted by molar-refractivity contribution is 6.18. The zero-order valence-corrected chi connectivity index (χ0v) is 31.7. The van der Waals surface area contributed by atoms with E-state index in [2.05, 4.69) is 149 Å². The molecule has 1 aliphatic carbocycles. The van der Waals surface area contributed by atoms with Gasteiger partial charge in [0.25, 0.3) is 0 Å². The van der Waals surface area contributed by atoms with E-state index < -0.39 is 0 Å². The van der Waals surface area contributed by atoms with Crippen molar-refractivity contribution in [2.24, 2.45) is 0 Å². The summed E-state index contributed by atoms with van der Waals surface area (Å²) < 4.78 is 4.75. The maximum absolute atomic E-state index is 5.06. The van der Waals surface area contributed by atoms with Gasteiger partial charge in [0.2, 0.25) is 0 Å². The molecule has 0 radical (unpaired) electrons. The second-order valence-electron chi connectivity index (χ2n) is 14.8. The largest absolute Gasteiger partial charge is 0.316 e. The molecule has 11 rings (SSSR count). The molecule has 3 aromatic heterocycles. The smallest absolute Gasteiger partial charge is 0.164 e. The van der Waals surface area contributed by atoms with Crippen LogP contribution in [0.4, 0.5) is 0 Å². The zero-order chi connectivity index (χ0) is 38.4. The lowest BCUT2D eigenvalue weighted by atomic mass is 9.95. The van der Waals surface area contributed by atoms with E-state index in [-0.39, 0.29) is 0 Å². The zero-order valence-electron chi connectivity index (χ0n) is 31.7. The van der Waals surface area contributed by atoms with Crippen LogP contribution in [0, 0.1) is 0 Å². The summed E-state index contributed by atoms with van der Waals surface area (Å²) in [7, 11) is 0. The number of nitrogens with zero attached hydrogens (tertiary/aromatic N) is 5. The van der Waals surface area contributed by atoms with E-state index >= 15 is 0 Å². The average Bonchev–Trinajstić information content (AvgIpc) is 3.90. The van der Waals surface area contributed by atoms with Crippen LogP contribution in [0.2, 0.25) is 0 Å². The fourth-order valence-electron chi connectivity index (χ4n) is 8.43. The van der Waals surface area contributed by atoms with Crippen LogP contribution in [-0.2, 0) is 0 Å².